The smallest absolute Gasteiger partial charge is 0.433 e. The summed E-state index contributed by atoms with van der Waals surface area (Å²) in [5.41, 5.74) is 6.00. The molecule has 3 aromatic heterocycles. The summed E-state index contributed by atoms with van der Waals surface area (Å²) in [6.45, 7) is -0.0837. The summed E-state index contributed by atoms with van der Waals surface area (Å²) in [5.74, 6) is -1.35. The van der Waals surface area contributed by atoms with Crippen LogP contribution in [0.25, 0.3) is 16.6 Å². The topological polar surface area (TPSA) is 98.6 Å². The van der Waals surface area contributed by atoms with E-state index in [2.05, 4.69) is 15.0 Å². The quantitative estimate of drug-likeness (QED) is 0.475. The third kappa shape index (κ3) is 2.98. The SMILES string of the molecule is CN(C(=O)c1cc2c(cc1F)nc(N)c1cncn12)[C@@H]1COc2cc(C(F)(F)F)ncc21. The number of nitrogen functional groups attached to an aromatic ring is 1. The number of ether oxygens (including phenoxy) is 1. The summed E-state index contributed by atoms with van der Waals surface area (Å²) in [4.78, 5) is 25.9. The summed E-state index contributed by atoms with van der Waals surface area (Å²) in [7, 11) is 1.42. The van der Waals surface area contributed by atoms with E-state index in [-0.39, 0.29) is 29.3 Å². The first-order valence-electron chi connectivity index (χ1n) is 9.33. The monoisotopic (exact) mass is 446 g/mol. The van der Waals surface area contributed by atoms with E-state index in [0.717, 1.165) is 18.3 Å². The molecule has 1 atom stereocenters. The number of nitrogens with two attached hydrogens (primary N) is 1. The van der Waals surface area contributed by atoms with Crippen LogP contribution in [0.1, 0.15) is 27.7 Å². The lowest BCUT2D eigenvalue weighted by atomic mass is 10.1. The van der Waals surface area contributed by atoms with Crippen molar-refractivity contribution in [3.63, 3.8) is 0 Å². The van der Waals surface area contributed by atoms with Crippen LogP contribution >= 0.6 is 0 Å². The summed E-state index contributed by atoms with van der Waals surface area (Å²) < 4.78 is 60.5. The molecule has 1 aliphatic heterocycles. The van der Waals surface area contributed by atoms with Crippen molar-refractivity contribution < 1.29 is 27.1 Å². The van der Waals surface area contributed by atoms with Crippen molar-refractivity contribution in [2.24, 2.45) is 0 Å². The number of likely N-dealkylation sites (N-methyl/N-ethyl adjacent to an activating group) is 1. The van der Waals surface area contributed by atoms with Crippen molar-refractivity contribution in [3.05, 3.63) is 59.6 Å². The number of fused-ring (bicyclic) bond motifs is 4. The second kappa shape index (κ2) is 6.77. The van der Waals surface area contributed by atoms with Gasteiger partial charge in [-0.05, 0) is 6.07 Å². The lowest BCUT2D eigenvalue weighted by molar-refractivity contribution is -0.141. The molecule has 0 fully saturated rings. The second-order valence-electron chi connectivity index (χ2n) is 7.31. The first kappa shape index (κ1) is 20.0. The van der Waals surface area contributed by atoms with E-state index in [4.69, 9.17) is 10.5 Å². The van der Waals surface area contributed by atoms with Crippen LogP contribution in [0.5, 0.6) is 5.75 Å². The van der Waals surface area contributed by atoms with Crippen molar-refractivity contribution in [3.8, 4) is 5.75 Å². The van der Waals surface area contributed by atoms with E-state index < -0.39 is 29.6 Å². The molecule has 164 valence electrons. The van der Waals surface area contributed by atoms with E-state index in [1.165, 1.54) is 30.5 Å². The molecule has 0 unspecified atom stereocenters. The van der Waals surface area contributed by atoms with Crippen LogP contribution in [0.2, 0.25) is 0 Å². The number of aromatic nitrogens is 4. The van der Waals surface area contributed by atoms with Gasteiger partial charge in [0.15, 0.2) is 0 Å². The summed E-state index contributed by atoms with van der Waals surface area (Å²) in [6.07, 6.45) is -0.634. The number of amides is 1. The number of imidazole rings is 1. The van der Waals surface area contributed by atoms with Crippen LogP contribution in [0.3, 0.4) is 0 Å². The maximum atomic E-state index is 14.8. The Morgan fingerprint density at radius 1 is 1.25 bits per heavy atom. The van der Waals surface area contributed by atoms with E-state index in [0.29, 0.717) is 16.6 Å². The lowest BCUT2D eigenvalue weighted by Gasteiger charge is -2.24. The first-order valence-corrected chi connectivity index (χ1v) is 9.33. The van der Waals surface area contributed by atoms with Crippen molar-refractivity contribution in [2.75, 3.05) is 19.4 Å². The van der Waals surface area contributed by atoms with Gasteiger partial charge in [-0.25, -0.2) is 14.4 Å². The largest absolute Gasteiger partial charge is 0.491 e. The molecule has 8 nitrogen and oxygen atoms in total. The fourth-order valence-electron chi connectivity index (χ4n) is 3.75. The number of benzene rings is 1. The molecule has 4 aromatic rings. The number of carbonyl (C=O) groups is 1. The highest BCUT2D eigenvalue weighted by Crippen LogP contribution is 2.39. The molecule has 0 bridgehead atoms. The normalized spacial score (nSPS) is 15.7. The Morgan fingerprint density at radius 3 is 2.78 bits per heavy atom. The number of nitrogens with zero attached hydrogens (tertiary/aromatic N) is 5. The Morgan fingerprint density at radius 2 is 2.03 bits per heavy atom. The lowest BCUT2D eigenvalue weighted by Crippen LogP contribution is -2.32. The average molecular weight is 446 g/mol. The highest BCUT2D eigenvalue weighted by atomic mass is 19.4. The highest BCUT2D eigenvalue weighted by molar-refractivity contribution is 5.98. The zero-order chi connectivity index (χ0) is 22.8. The van der Waals surface area contributed by atoms with Crippen LogP contribution in [0.15, 0.2) is 36.9 Å². The Balaban J connectivity index is 1.53. The van der Waals surface area contributed by atoms with Crippen molar-refractivity contribution in [1.82, 2.24) is 24.3 Å². The molecule has 1 aromatic carbocycles. The number of pyridine rings is 1. The maximum absolute atomic E-state index is 14.8. The molecule has 1 amide bonds. The van der Waals surface area contributed by atoms with Crippen LogP contribution < -0.4 is 10.5 Å². The molecule has 12 heteroatoms. The van der Waals surface area contributed by atoms with Gasteiger partial charge in [0.2, 0.25) is 0 Å². The third-order valence-corrected chi connectivity index (χ3v) is 5.43. The van der Waals surface area contributed by atoms with Gasteiger partial charge in [0.1, 0.15) is 35.2 Å². The van der Waals surface area contributed by atoms with E-state index in [9.17, 15) is 22.4 Å². The Labute approximate surface area is 177 Å². The van der Waals surface area contributed by atoms with Crippen LogP contribution in [-0.4, -0.2) is 43.8 Å². The highest BCUT2D eigenvalue weighted by Gasteiger charge is 2.37. The van der Waals surface area contributed by atoms with Gasteiger partial charge in [-0.2, -0.15) is 13.2 Å². The zero-order valence-corrected chi connectivity index (χ0v) is 16.4. The van der Waals surface area contributed by atoms with E-state index in [1.807, 2.05) is 0 Å². The van der Waals surface area contributed by atoms with Gasteiger partial charge in [-0.3, -0.25) is 14.2 Å². The minimum atomic E-state index is -4.62. The van der Waals surface area contributed by atoms with E-state index >= 15 is 0 Å². The molecular formula is C20H14F4N6O2. The Hall–Kier alpha value is -3.96. The Bertz CT molecular complexity index is 1400. The van der Waals surface area contributed by atoms with Crippen molar-refractivity contribution >= 4 is 28.3 Å². The number of carbonyl (C=O) groups excluding carboxylic acids is 1. The van der Waals surface area contributed by atoms with Crippen molar-refractivity contribution in [2.45, 2.75) is 12.2 Å². The van der Waals surface area contributed by atoms with Crippen LogP contribution in [0, 0.1) is 5.82 Å². The molecular weight excluding hydrogens is 432 g/mol. The van der Waals surface area contributed by atoms with Gasteiger partial charge in [0, 0.05) is 30.9 Å². The molecule has 0 spiro atoms. The molecule has 2 N–H and O–H groups in total. The van der Waals surface area contributed by atoms with Gasteiger partial charge in [0.05, 0.1) is 35.2 Å². The number of anilines is 1. The Kier molecular flexibility index (Phi) is 4.23. The summed E-state index contributed by atoms with van der Waals surface area (Å²) in [5, 5.41) is 0. The molecule has 5 rings (SSSR count). The van der Waals surface area contributed by atoms with Gasteiger partial charge < -0.3 is 15.4 Å². The standard InChI is InChI=1S/C20H14F4N6O2/c1-29(15-7-32-16-4-17(20(22,23)24)27-5-10(15)16)19(31)9-2-13-12(3-11(9)21)28-18(25)14-6-26-8-30(13)14/h2-6,8,15H,7H2,1H3,(H2,25,28)/t15-/m1/s1. The minimum absolute atomic E-state index is 0.0178. The predicted octanol–water partition coefficient (Wildman–Crippen LogP) is 3.22. The summed E-state index contributed by atoms with van der Waals surface area (Å²) >= 11 is 0. The molecule has 0 saturated heterocycles. The number of alkyl halides is 3. The molecule has 0 aliphatic carbocycles. The zero-order valence-electron chi connectivity index (χ0n) is 16.4. The van der Waals surface area contributed by atoms with Crippen molar-refractivity contribution in [1.29, 1.82) is 0 Å². The maximum Gasteiger partial charge on any atom is 0.433 e. The summed E-state index contributed by atoms with van der Waals surface area (Å²) in [6, 6.07) is 2.49. The number of halogens is 4. The van der Waals surface area contributed by atoms with Gasteiger partial charge in [-0.15, -0.1) is 0 Å². The molecule has 1 aliphatic rings. The third-order valence-electron chi connectivity index (χ3n) is 5.43. The number of rotatable bonds is 2. The average Bonchev–Trinajstić information content (AvgIpc) is 3.39. The van der Waals surface area contributed by atoms with Crippen LogP contribution in [0.4, 0.5) is 23.4 Å². The van der Waals surface area contributed by atoms with Gasteiger partial charge in [-0.1, -0.05) is 0 Å². The van der Waals surface area contributed by atoms with Crippen LogP contribution in [-0.2, 0) is 6.18 Å². The van der Waals surface area contributed by atoms with Gasteiger partial charge >= 0.3 is 6.18 Å². The van der Waals surface area contributed by atoms with E-state index in [1.54, 1.807) is 4.40 Å². The molecule has 0 saturated carbocycles. The fraction of sp³-hybridized carbons (Fsp3) is 0.200. The fourth-order valence-corrected chi connectivity index (χ4v) is 3.75. The first-order chi connectivity index (χ1) is 15.1. The minimum Gasteiger partial charge on any atom is -0.491 e. The number of hydrogen-bond acceptors (Lipinski definition) is 6. The predicted molar refractivity (Wildman–Crippen MR) is 104 cm³/mol. The second-order valence-corrected chi connectivity index (χ2v) is 7.31. The number of hydrogen-bond donors (Lipinski definition) is 1. The van der Waals surface area contributed by atoms with Gasteiger partial charge in [0.25, 0.3) is 5.91 Å². The molecule has 4 heterocycles. The molecule has 32 heavy (non-hydrogen) atoms. The molecule has 0 radical (unpaired) electrons.